The third kappa shape index (κ3) is 5.84. The van der Waals surface area contributed by atoms with Crippen LogP contribution in [0.3, 0.4) is 0 Å². The maximum Gasteiger partial charge on any atom is 0.508 e. The zero-order chi connectivity index (χ0) is 16.0. The van der Waals surface area contributed by atoms with Crippen LogP contribution in [-0.2, 0) is 18.9 Å². The van der Waals surface area contributed by atoms with E-state index in [1.54, 1.807) is 0 Å². The number of rotatable bonds is 6. The molecular weight excluding hydrogens is 284 g/mol. The second kappa shape index (κ2) is 7.65. The molecule has 0 radical (unpaired) electrons. The Hall–Kier alpha value is -2.06. The molecule has 2 unspecified atom stereocenters. The molecule has 118 valence electrons. The molecule has 0 aromatic rings. The molecule has 8 nitrogen and oxygen atoms in total. The molecule has 21 heavy (non-hydrogen) atoms. The average molecular weight is 302 g/mol. The Kier molecular flexibility index (Phi) is 6.19. The van der Waals surface area contributed by atoms with E-state index in [1.807, 2.05) is 19.9 Å². The number of carbonyl (C=O) groups is 2. The van der Waals surface area contributed by atoms with E-state index >= 15 is 0 Å². The SMILES string of the molecule is C=C(CCC=C(C)C)C1OC(OC(=O)O)C(OC(=O)O)O1. The Morgan fingerprint density at radius 3 is 2.00 bits per heavy atom. The molecule has 0 aromatic heterocycles. The van der Waals surface area contributed by atoms with Crippen LogP contribution in [0.4, 0.5) is 9.59 Å². The van der Waals surface area contributed by atoms with Gasteiger partial charge < -0.3 is 29.2 Å². The van der Waals surface area contributed by atoms with Gasteiger partial charge in [0, 0.05) is 0 Å². The van der Waals surface area contributed by atoms with Gasteiger partial charge in [0.1, 0.15) is 0 Å². The summed E-state index contributed by atoms with van der Waals surface area (Å²) in [5.74, 6) is 0. The quantitative estimate of drug-likeness (QED) is 0.569. The first-order valence-corrected chi connectivity index (χ1v) is 6.20. The zero-order valence-corrected chi connectivity index (χ0v) is 11.8. The van der Waals surface area contributed by atoms with Crippen LogP contribution in [0.15, 0.2) is 23.8 Å². The lowest BCUT2D eigenvalue weighted by molar-refractivity contribution is -0.153. The molecule has 8 heteroatoms. The molecule has 0 aliphatic carbocycles. The number of hydrogen-bond donors (Lipinski definition) is 2. The van der Waals surface area contributed by atoms with Crippen LogP contribution in [0, 0.1) is 0 Å². The Bertz CT molecular complexity index is 413. The monoisotopic (exact) mass is 302 g/mol. The summed E-state index contributed by atoms with van der Waals surface area (Å²) >= 11 is 0. The summed E-state index contributed by atoms with van der Waals surface area (Å²) in [6, 6.07) is 0. The van der Waals surface area contributed by atoms with E-state index < -0.39 is 31.2 Å². The van der Waals surface area contributed by atoms with Crippen molar-refractivity contribution in [2.75, 3.05) is 0 Å². The highest BCUT2D eigenvalue weighted by atomic mass is 16.9. The fourth-order valence-electron chi connectivity index (χ4n) is 1.63. The van der Waals surface area contributed by atoms with Crippen molar-refractivity contribution in [2.45, 2.75) is 45.6 Å². The van der Waals surface area contributed by atoms with Crippen LogP contribution in [0.1, 0.15) is 26.7 Å². The van der Waals surface area contributed by atoms with Crippen LogP contribution in [-0.4, -0.2) is 41.4 Å². The van der Waals surface area contributed by atoms with Crippen molar-refractivity contribution < 1.29 is 38.7 Å². The van der Waals surface area contributed by atoms with Gasteiger partial charge in [-0.15, -0.1) is 0 Å². The van der Waals surface area contributed by atoms with Gasteiger partial charge in [-0.2, -0.15) is 0 Å². The minimum Gasteiger partial charge on any atom is -0.450 e. The van der Waals surface area contributed by atoms with E-state index in [0.717, 1.165) is 5.57 Å². The largest absolute Gasteiger partial charge is 0.508 e. The molecule has 1 aliphatic heterocycles. The van der Waals surface area contributed by atoms with Gasteiger partial charge in [-0.05, 0) is 32.3 Å². The Balaban J connectivity index is 2.60. The van der Waals surface area contributed by atoms with Crippen LogP contribution < -0.4 is 0 Å². The summed E-state index contributed by atoms with van der Waals surface area (Å²) in [5.41, 5.74) is 1.68. The van der Waals surface area contributed by atoms with Crippen LogP contribution >= 0.6 is 0 Å². The third-order valence-electron chi connectivity index (χ3n) is 2.52. The highest BCUT2D eigenvalue weighted by Crippen LogP contribution is 2.27. The molecule has 0 bridgehead atoms. The Morgan fingerprint density at radius 1 is 1.14 bits per heavy atom. The average Bonchev–Trinajstić information content (AvgIpc) is 2.70. The number of carboxylic acid groups (broad SMARTS) is 2. The van der Waals surface area contributed by atoms with Gasteiger partial charge in [-0.1, -0.05) is 18.2 Å². The van der Waals surface area contributed by atoms with E-state index in [2.05, 4.69) is 16.1 Å². The van der Waals surface area contributed by atoms with E-state index in [0.29, 0.717) is 18.4 Å². The van der Waals surface area contributed by atoms with Crippen molar-refractivity contribution in [3.05, 3.63) is 23.8 Å². The predicted octanol–water partition coefficient (Wildman–Crippen LogP) is 2.70. The smallest absolute Gasteiger partial charge is 0.450 e. The first-order chi connectivity index (χ1) is 9.79. The van der Waals surface area contributed by atoms with Crippen LogP contribution in [0.5, 0.6) is 0 Å². The number of ether oxygens (including phenoxy) is 4. The Labute approximate surface area is 121 Å². The molecular formula is C13H18O8. The third-order valence-corrected chi connectivity index (χ3v) is 2.52. The van der Waals surface area contributed by atoms with Gasteiger partial charge >= 0.3 is 12.3 Å². The lowest BCUT2D eigenvalue weighted by Gasteiger charge is -2.13. The fraction of sp³-hybridized carbons (Fsp3) is 0.538. The molecule has 2 atom stereocenters. The summed E-state index contributed by atoms with van der Waals surface area (Å²) in [5, 5.41) is 17.1. The van der Waals surface area contributed by atoms with Crippen LogP contribution in [0.2, 0.25) is 0 Å². The number of allylic oxidation sites excluding steroid dienone is 2. The topological polar surface area (TPSA) is 112 Å². The molecule has 0 saturated carbocycles. The zero-order valence-electron chi connectivity index (χ0n) is 11.8. The molecule has 0 amide bonds. The predicted molar refractivity (Wildman–Crippen MR) is 69.6 cm³/mol. The molecule has 2 N–H and O–H groups in total. The van der Waals surface area contributed by atoms with E-state index in [-0.39, 0.29) is 0 Å². The van der Waals surface area contributed by atoms with Gasteiger partial charge in [0.25, 0.3) is 12.6 Å². The molecule has 1 saturated heterocycles. The first kappa shape index (κ1) is 17.0. The summed E-state index contributed by atoms with van der Waals surface area (Å²) in [7, 11) is 0. The van der Waals surface area contributed by atoms with E-state index in [1.165, 1.54) is 0 Å². The second-order valence-corrected chi connectivity index (χ2v) is 4.59. The molecule has 0 aromatic carbocycles. The van der Waals surface area contributed by atoms with Crippen molar-refractivity contribution in [3.63, 3.8) is 0 Å². The minimum absolute atomic E-state index is 0.531. The van der Waals surface area contributed by atoms with Crippen molar-refractivity contribution in [1.82, 2.24) is 0 Å². The second-order valence-electron chi connectivity index (χ2n) is 4.59. The summed E-state index contributed by atoms with van der Waals surface area (Å²) in [6.07, 6.45) is -3.96. The highest BCUT2D eigenvalue weighted by Gasteiger charge is 2.42. The van der Waals surface area contributed by atoms with Crippen molar-refractivity contribution in [3.8, 4) is 0 Å². The lowest BCUT2D eigenvalue weighted by atomic mass is 10.1. The molecule has 1 aliphatic rings. The lowest BCUT2D eigenvalue weighted by Crippen LogP contribution is -2.31. The maximum absolute atomic E-state index is 10.5. The maximum atomic E-state index is 10.5. The number of hydrogen-bond acceptors (Lipinski definition) is 6. The summed E-state index contributed by atoms with van der Waals surface area (Å²) in [4.78, 5) is 21.0. The van der Waals surface area contributed by atoms with Crippen molar-refractivity contribution >= 4 is 12.3 Å². The van der Waals surface area contributed by atoms with Gasteiger partial charge in [-0.25, -0.2) is 9.59 Å². The van der Waals surface area contributed by atoms with Gasteiger partial charge in [0.2, 0.25) is 0 Å². The van der Waals surface area contributed by atoms with Crippen LogP contribution in [0.25, 0.3) is 0 Å². The molecule has 0 spiro atoms. The van der Waals surface area contributed by atoms with Gasteiger partial charge in [0.15, 0.2) is 6.29 Å². The van der Waals surface area contributed by atoms with Gasteiger partial charge in [-0.3, -0.25) is 0 Å². The van der Waals surface area contributed by atoms with Crippen molar-refractivity contribution in [1.29, 1.82) is 0 Å². The fourth-order valence-corrected chi connectivity index (χ4v) is 1.63. The minimum atomic E-state index is -1.63. The molecule has 1 heterocycles. The molecule has 1 fully saturated rings. The first-order valence-electron chi connectivity index (χ1n) is 6.20. The Morgan fingerprint density at radius 2 is 1.62 bits per heavy atom. The molecule has 1 rings (SSSR count). The summed E-state index contributed by atoms with van der Waals surface area (Å²) in [6.45, 7) is 7.69. The van der Waals surface area contributed by atoms with Crippen molar-refractivity contribution in [2.24, 2.45) is 0 Å². The summed E-state index contributed by atoms with van der Waals surface area (Å²) < 4.78 is 19.1. The normalized spacial score (nSPS) is 24.2. The van der Waals surface area contributed by atoms with Gasteiger partial charge in [0.05, 0.1) is 0 Å². The van der Waals surface area contributed by atoms with E-state index in [9.17, 15) is 9.59 Å². The van der Waals surface area contributed by atoms with E-state index in [4.69, 9.17) is 19.7 Å². The standard InChI is InChI=1S/C13H18O8/c1-7(2)5-4-6-8(3)9-18-10(20-12(14)15)11(19-9)21-13(16)17/h5,9-11H,3-4,6H2,1-2H3,(H,14,15)(H,16,17). The highest BCUT2D eigenvalue weighted by molar-refractivity contribution is 5.58.